The molecule has 1 heterocycles. The molecule has 0 saturated heterocycles. The van der Waals surface area contributed by atoms with Crippen molar-refractivity contribution < 1.29 is 19.1 Å². The summed E-state index contributed by atoms with van der Waals surface area (Å²) in [5, 5.41) is 3.58. The third kappa shape index (κ3) is 3.49. The van der Waals surface area contributed by atoms with E-state index in [0.717, 1.165) is 29.5 Å². The molecule has 0 bridgehead atoms. The molecule has 0 atom stereocenters. The number of nitrogens with two attached hydrogens (primary N) is 1. The number of nitrogens with one attached hydrogen (secondary N) is 1. The van der Waals surface area contributed by atoms with Crippen molar-refractivity contribution in [2.45, 2.75) is 18.3 Å². The van der Waals surface area contributed by atoms with Crippen LogP contribution in [0.4, 0.5) is 5.69 Å². The third-order valence-corrected chi connectivity index (χ3v) is 6.14. The Labute approximate surface area is 183 Å². The van der Waals surface area contributed by atoms with E-state index in [1.165, 1.54) is 0 Å². The predicted octanol–water partition coefficient (Wildman–Crippen LogP) is 4.50. The van der Waals surface area contributed by atoms with E-state index in [1.807, 2.05) is 24.3 Å². The van der Waals surface area contributed by atoms with Gasteiger partial charge in [-0.25, -0.2) is 0 Å². The van der Waals surface area contributed by atoms with Gasteiger partial charge in [-0.3, -0.25) is 9.59 Å². The Hall–Kier alpha value is -3.51. The van der Waals surface area contributed by atoms with E-state index in [-0.39, 0.29) is 12.7 Å². The molecule has 5 rings (SSSR count). The quantitative estimate of drug-likeness (QED) is 0.618. The average molecular weight is 435 g/mol. The van der Waals surface area contributed by atoms with E-state index in [1.54, 1.807) is 36.4 Å². The molecule has 31 heavy (non-hydrogen) atoms. The Morgan fingerprint density at radius 3 is 2.39 bits per heavy atom. The van der Waals surface area contributed by atoms with Crippen LogP contribution in [-0.2, 0) is 10.2 Å². The molecule has 6 nitrogen and oxygen atoms in total. The third-order valence-electron chi connectivity index (χ3n) is 5.81. The lowest BCUT2D eigenvalue weighted by Gasteiger charge is -2.17. The molecule has 1 saturated carbocycles. The molecule has 1 aliphatic carbocycles. The van der Waals surface area contributed by atoms with E-state index in [9.17, 15) is 9.59 Å². The molecule has 1 aliphatic heterocycles. The summed E-state index contributed by atoms with van der Waals surface area (Å²) in [5.74, 6) is 0.815. The summed E-state index contributed by atoms with van der Waals surface area (Å²) in [6.07, 6.45) is 1.54. The maximum absolute atomic E-state index is 13.2. The fraction of sp³-hybridized carbons (Fsp3) is 0.167. The van der Waals surface area contributed by atoms with Gasteiger partial charge >= 0.3 is 0 Å². The number of ether oxygens (including phenoxy) is 2. The summed E-state index contributed by atoms with van der Waals surface area (Å²) in [6, 6.07) is 17.9. The first-order valence-corrected chi connectivity index (χ1v) is 10.3. The summed E-state index contributed by atoms with van der Waals surface area (Å²) in [7, 11) is 0. The highest BCUT2D eigenvalue weighted by Crippen LogP contribution is 2.51. The number of fused-ring (bicyclic) bond motifs is 1. The number of anilines is 1. The van der Waals surface area contributed by atoms with E-state index in [2.05, 4.69) is 5.32 Å². The van der Waals surface area contributed by atoms with Gasteiger partial charge in [-0.05, 0) is 66.4 Å². The van der Waals surface area contributed by atoms with Crippen LogP contribution in [0.5, 0.6) is 11.5 Å². The van der Waals surface area contributed by atoms with Gasteiger partial charge in [-0.1, -0.05) is 29.8 Å². The Balaban J connectivity index is 1.39. The van der Waals surface area contributed by atoms with Crippen LogP contribution in [0.1, 0.15) is 28.8 Å². The molecule has 0 unspecified atom stereocenters. The molecular weight excluding hydrogens is 416 g/mol. The molecule has 2 amide bonds. The van der Waals surface area contributed by atoms with Gasteiger partial charge in [-0.15, -0.1) is 0 Å². The second-order valence-corrected chi connectivity index (χ2v) is 8.15. The van der Waals surface area contributed by atoms with Crippen molar-refractivity contribution in [2.24, 2.45) is 5.73 Å². The Kier molecular flexibility index (Phi) is 4.59. The maximum atomic E-state index is 13.2. The lowest BCUT2D eigenvalue weighted by atomic mass is 9.94. The largest absolute Gasteiger partial charge is 0.454 e. The summed E-state index contributed by atoms with van der Waals surface area (Å²) in [4.78, 5) is 24.5. The minimum atomic E-state index is -0.566. The molecule has 2 aliphatic rings. The number of hydrogen-bond acceptors (Lipinski definition) is 4. The van der Waals surface area contributed by atoms with Crippen LogP contribution >= 0.6 is 11.6 Å². The van der Waals surface area contributed by atoms with Crippen LogP contribution in [0.15, 0.2) is 60.7 Å². The fourth-order valence-corrected chi connectivity index (χ4v) is 4.08. The number of amides is 2. The van der Waals surface area contributed by atoms with Gasteiger partial charge in [0.2, 0.25) is 18.6 Å². The zero-order chi connectivity index (χ0) is 21.6. The van der Waals surface area contributed by atoms with Crippen LogP contribution in [0.25, 0.3) is 11.1 Å². The number of primary amides is 1. The lowest BCUT2D eigenvalue weighted by Crippen LogP contribution is -2.27. The number of carbonyl (C=O) groups excluding carboxylic acids is 2. The van der Waals surface area contributed by atoms with E-state index < -0.39 is 11.3 Å². The van der Waals surface area contributed by atoms with Crippen LogP contribution in [-0.4, -0.2) is 18.6 Å². The van der Waals surface area contributed by atoms with E-state index in [4.69, 9.17) is 26.8 Å². The Bertz CT molecular complexity index is 1200. The number of rotatable bonds is 5. The van der Waals surface area contributed by atoms with Crippen molar-refractivity contribution in [3.8, 4) is 22.6 Å². The van der Waals surface area contributed by atoms with Gasteiger partial charge in [0.15, 0.2) is 11.5 Å². The maximum Gasteiger partial charge on any atom is 0.248 e. The van der Waals surface area contributed by atoms with Gasteiger partial charge in [0.1, 0.15) is 0 Å². The number of halogens is 1. The van der Waals surface area contributed by atoms with Gasteiger partial charge < -0.3 is 20.5 Å². The zero-order valence-corrected chi connectivity index (χ0v) is 17.2. The Morgan fingerprint density at radius 2 is 1.68 bits per heavy atom. The highest BCUT2D eigenvalue weighted by Gasteiger charge is 2.51. The van der Waals surface area contributed by atoms with Crippen molar-refractivity contribution in [3.63, 3.8) is 0 Å². The summed E-state index contributed by atoms with van der Waals surface area (Å²) in [6.45, 7) is 0.200. The van der Waals surface area contributed by atoms with Crippen molar-refractivity contribution in [1.82, 2.24) is 0 Å². The minimum absolute atomic E-state index is 0.0660. The van der Waals surface area contributed by atoms with Crippen molar-refractivity contribution in [1.29, 1.82) is 0 Å². The summed E-state index contributed by atoms with van der Waals surface area (Å²) in [5.41, 5.74) is 8.31. The van der Waals surface area contributed by atoms with Gasteiger partial charge in [0.05, 0.1) is 5.41 Å². The molecule has 3 aromatic rings. The highest BCUT2D eigenvalue weighted by molar-refractivity contribution is 6.33. The number of carbonyl (C=O) groups is 2. The molecule has 3 N–H and O–H groups in total. The SMILES string of the molecule is NC(=O)c1ccc(-c2cc(NC(=O)C3(c4ccc5c(c4)OCO5)CC3)ccc2Cl)cc1. The normalized spacial score (nSPS) is 15.4. The highest BCUT2D eigenvalue weighted by atomic mass is 35.5. The van der Waals surface area contributed by atoms with Crippen molar-refractivity contribution in [3.05, 3.63) is 76.8 Å². The van der Waals surface area contributed by atoms with Crippen LogP contribution < -0.4 is 20.5 Å². The van der Waals surface area contributed by atoms with Crippen LogP contribution in [0, 0.1) is 0 Å². The molecule has 7 heteroatoms. The molecule has 0 aromatic heterocycles. The van der Waals surface area contributed by atoms with E-state index >= 15 is 0 Å². The molecular formula is C24H19ClN2O4. The number of benzene rings is 3. The summed E-state index contributed by atoms with van der Waals surface area (Å²) < 4.78 is 10.8. The standard InChI is InChI=1S/C24H19ClN2O4/c25-19-7-6-17(12-18(19)14-1-3-15(4-2-14)22(26)28)27-23(29)24(9-10-24)16-5-8-20-21(11-16)31-13-30-20/h1-8,11-12H,9-10,13H2,(H2,26,28)(H,27,29). The first-order chi connectivity index (χ1) is 15.0. The minimum Gasteiger partial charge on any atom is -0.454 e. The zero-order valence-electron chi connectivity index (χ0n) is 16.5. The molecule has 0 spiro atoms. The van der Waals surface area contributed by atoms with Crippen LogP contribution in [0.3, 0.4) is 0 Å². The second kappa shape index (κ2) is 7.32. The molecule has 3 aromatic carbocycles. The van der Waals surface area contributed by atoms with Gasteiger partial charge in [0.25, 0.3) is 0 Å². The van der Waals surface area contributed by atoms with Gasteiger partial charge in [-0.2, -0.15) is 0 Å². The summed E-state index contributed by atoms with van der Waals surface area (Å²) >= 11 is 6.39. The number of hydrogen-bond donors (Lipinski definition) is 2. The molecule has 1 fully saturated rings. The Morgan fingerprint density at radius 1 is 0.935 bits per heavy atom. The smallest absolute Gasteiger partial charge is 0.248 e. The predicted molar refractivity (Wildman–Crippen MR) is 118 cm³/mol. The topological polar surface area (TPSA) is 90.7 Å². The van der Waals surface area contributed by atoms with Crippen LogP contribution in [0.2, 0.25) is 5.02 Å². The monoisotopic (exact) mass is 434 g/mol. The molecule has 0 radical (unpaired) electrons. The first kappa shape index (κ1) is 19.5. The van der Waals surface area contributed by atoms with Crippen molar-refractivity contribution >= 4 is 29.1 Å². The first-order valence-electron chi connectivity index (χ1n) is 9.88. The average Bonchev–Trinajstić information content (AvgIpc) is 3.46. The van der Waals surface area contributed by atoms with Crippen molar-refractivity contribution in [2.75, 3.05) is 12.1 Å². The van der Waals surface area contributed by atoms with E-state index in [0.29, 0.717) is 27.8 Å². The molecule has 156 valence electrons. The lowest BCUT2D eigenvalue weighted by molar-refractivity contribution is -0.118. The second-order valence-electron chi connectivity index (χ2n) is 7.74. The fourth-order valence-electron chi connectivity index (χ4n) is 3.86. The van der Waals surface area contributed by atoms with Gasteiger partial charge in [0, 0.05) is 21.8 Å².